The molecule has 1 aliphatic carbocycles. The van der Waals surface area contributed by atoms with Gasteiger partial charge in [0.25, 0.3) is 0 Å². The highest BCUT2D eigenvalue weighted by Gasteiger charge is 2.31. The van der Waals surface area contributed by atoms with Crippen LogP contribution in [-0.4, -0.2) is 30.4 Å². The van der Waals surface area contributed by atoms with Crippen LogP contribution < -0.4 is 9.64 Å². The fourth-order valence-corrected chi connectivity index (χ4v) is 3.90. The van der Waals surface area contributed by atoms with E-state index in [9.17, 15) is 13.2 Å². The molecule has 0 aliphatic heterocycles. The molecule has 1 fully saturated rings. The highest BCUT2D eigenvalue weighted by Crippen LogP contribution is 2.27. The van der Waals surface area contributed by atoms with Gasteiger partial charge in [0.15, 0.2) is 0 Å². The summed E-state index contributed by atoms with van der Waals surface area (Å²) in [6.07, 6.45) is 1.98. The summed E-state index contributed by atoms with van der Waals surface area (Å²) in [6.45, 7) is 8.52. The summed E-state index contributed by atoms with van der Waals surface area (Å²) in [7, 11) is 3.99. The number of aryl methyl sites for hydroxylation is 2. The molecule has 0 N–H and O–H groups in total. The number of benzene rings is 2. The first-order chi connectivity index (χ1) is 16.5. The van der Waals surface area contributed by atoms with Crippen molar-refractivity contribution < 1.29 is 17.9 Å². The Labute approximate surface area is 207 Å². The molecule has 1 saturated carbocycles. The van der Waals surface area contributed by atoms with Gasteiger partial charge in [0.1, 0.15) is 17.4 Å². The molecule has 3 aromatic rings. The number of anilines is 1. The van der Waals surface area contributed by atoms with Gasteiger partial charge in [-0.25, -0.2) is 9.97 Å². The first-order valence-corrected chi connectivity index (χ1v) is 12.2. The summed E-state index contributed by atoms with van der Waals surface area (Å²) >= 11 is 0. The molecule has 0 amide bonds. The summed E-state index contributed by atoms with van der Waals surface area (Å²) in [5, 5.41) is 1.10. The van der Waals surface area contributed by atoms with Gasteiger partial charge < -0.3 is 9.64 Å². The van der Waals surface area contributed by atoms with Crippen molar-refractivity contribution >= 4 is 16.7 Å². The zero-order valence-corrected chi connectivity index (χ0v) is 21.7. The molecular weight excluding hydrogens is 451 g/mol. The SMILES string of the molecule is CC1CCC(C)CC1.CCc1cccc(OC(F)(F)F)c1.Cc1nc(N(C)C)c2ccccc2n1. The average Bonchev–Trinajstić information content (AvgIpc) is 2.80. The Hall–Kier alpha value is -2.83. The van der Waals surface area contributed by atoms with Crippen LogP contribution in [0.2, 0.25) is 0 Å². The molecule has 0 bridgehead atoms. The molecule has 35 heavy (non-hydrogen) atoms. The quantitative estimate of drug-likeness (QED) is 0.374. The number of alkyl halides is 3. The van der Waals surface area contributed by atoms with E-state index in [0.29, 0.717) is 6.42 Å². The maximum Gasteiger partial charge on any atom is 0.573 e. The minimum Gasteiger partial charge on any atom is -0.406 e. The summed E-state index contributed by atoms with van der Waals surface area (Å²) in [5.41, 5.74) is 1.82. The Bertz CT molecular complexity index is 1040. The van der Waals surface area contributed by atoms with Crippen LogP contribution in [-0.2, 0) is 6.42 Å². The number of ether oxygens (including phenoxy) is 1. The van der Waals surface area contributed by atoms with Crippen molar-refractivity contribution in [3.8, 4) is 5.75 Å². The van der Waals surface area contributed by atoms with Crippen LogP contribution in [0.5, 0.6) is 5.75 Å². The monoisotopic (exact) mass is 489 g/mol. The second kappa shape index (κ2) is 13.3. The highest BCUT2D eigenvalue weighted by molar-refractivity contribution is 5.89. The molecule has 1 heterocycles. The Morgan fingerprint density at radius 1 is 0.914 bits per heavy atom. The van der Waals surface area contributed by atoms with Crippen molar-refractivity contribution in [3.05, 3.63) is 59.9 Å². The van der Waals surface area contributed by atoms with Crippen molar-refractivity contribution in [2.75, 3.05) is 19.0 Å². The van der Waals surface area contributed by atoms with Crippen molar-refractivity contribution in [1.82, 2.24) is 9.97 Å². The van der Waals surface area contributed by atoms with Gasteiger partial charge in [0.05, 0.1) is 5.52 Å². The molecule has 0 spiro atoms. The van der Waals surface area contributed by atoms with Crippen molar-refractivity contribution in [2.45, 2.75) is 66.2 Å². The Balaban J connectivity index is 0.000000192. The third-order valence-electron chi connectivity index (χ3n) is 5.96. The molecule has 1 aliphatic rings. The number of hydrogen-bond acceptors (Lipinski definition) is 4. The van der Waals surface area contributed by atoms with E-state index in [1.54, 1.807) is 12.1 Å². The summed E-state index contributed by atoms with van der Waals surface area (Å²) < 4.78 is 39.0. The minimum atomic E-state index is -4.60. The number of rotatable bonds is 3. The molecule has 4 nitrogen and oxygen atoms in total. The number of hydrogen-bond donors (Lipinski definition) is 0. The fourth-order valence-electron chi connectivity index (χ4n) is 3.90. The molecule has 7 heteroatoms. The normalized spacial score (nSPS) is 17.5. The second-order valence-corrected chi connectivity index (χ2v) is 9.42. The third kappa shape index (κ3) is 10.1. The predicted octanol–water partition coefficient (Wildman–Crippen LogP) is 7.98. The van der Waals surface area contributed by atoms with E-state index in [2.05, 4.69) is 28.6 Å². The van der Waals surface area contributed by atoms with Gasteiger partial charge in [0.2, 0.25) is 0 Å². The first kappa shape index (κ1) is 28.4. The Morgan fingerprint density at radius 3 is 2.06 bits per heavy atom. The third-order valence-corrected chi connectivity index (χ3v) is 5.96. The maximum atomic E-state index is 11.8. The van der Waals surface area contributed by atoms with Crippen LogP contribution in [0.1, 0.15) is 57.8 Å². The molecule has 2 aromatic carbocycles. The zero-order chi connectivity index (χ0) is 26.0. The van der Waals surface area contributed by atoms with Crippen LogP contribution >= 0.6 is 0 Å². The van der Waals surface area contributed by atoms with Crippen LogP contribution in [0.3, 0.4) is 0 Å². The van der Waals surface area contributed by atoms with Crippen molar-refractivity contribution in [2.24, 2.45) is 11.8 Å². The number of nitrogens with zero attached hydrogens (tertiary/aromatic N) is 3. The van der Waals surface area contributed by atoms with E-state index >= 15 is 0 Å². The molecule has 1 aromatic heterocycles. The van der Waals surface area contributed by atoms with E-state index in [4.69, 9.17) is 0 Å². The van der Waals surface area contributed by atoms with E-state index < -0.39 is 6.36 Å². The average molecular weight is 490 g/mol. The van der Waals surface area contributed by atoms with E-state index in [1.165, 1.54) is 37.8 Å². The fraction of sp³-hybridized carbons (Fsp3) is 0.500. The zero-order valence-electron chi connectivity index (χ0n) is 21.7. The maximum absolute atomic E-state index is 11.8. The lowest BCUT2D eigenvalue weighted by Crippen LogP contribution is -2.17. The van der Waals surface area contributed by atoms with Gasteiger partial charge in [-0.05, 0) is 55.0 Å². The minimum absolute atomic E-state index is 0.160. The topological polar surface area (TPSA) is 38.2 Å². The van der Waals surface area contributed by atoms with Crippen molar-refractivity contribution in [3.63, 3.8) is 0 Å². The Kier molecular flexibility index (Phi) is 10.8. The first-order valence-electron chi connectivity index (χ1n) is 12.2. The van der Waals surface area contributed by atoms with Crippen molar-refractivity contribution in [1.29, 1.82) is 0 Å². The molecule has 192 valence electrons. The smallest absolute Gasteiger partial charge is 0.406 e. The molecule has 0 unspecified atom stereocenters. The molecular formula is C28H38F3N3O. The van der Waals surface area contributed by atoms with Gasteiger partial charge in [-0.2, -0.15) is 0 Å². The van der Waals surface area contributed by atoms with Gasteiger partial charge in [-0.3, -0.25) is 0 Å². The lowest BCUT2D eigenvalue weighted by atomic mass is 9.84. The van der Waals surface area contributed by atoms with E-state index in [-0.39, 0.29) is 5.75 Å². The number of aromatic nitrogens is 2. The van der Waals surface area contributed by atoms with Gasteiger partial charge in [-0.1, -0.05) is 70.7 Å². The van der Waals surface area contributed by atoms with Crippen LogP contribution in [0, 0.1) is 18.8 Å². The molecule has 4 rings (SSSR count). The molecule has 0 radical (unpaired) electrons. The standard InChI is InChI=1S/C11H13N3.C9H9F3O.C8H16/c1-8-12-10-7-5-4-6-9(10)11(13-8)14(2)3;1-2-7-4-3-5-8(6-7)13-9(10,11)12;1-7-3-5-8(2)6-4-7/h4-7H,1-3H3;3-6H,2H2,1H3;7-8H,3-6H2,1-2H3. The lowest BCUT2D eigenvalue weighted by Gasteiger charge is -2.22. The van der Waals surface area contributed by atoms with E-state index in [0.717, 1.165) is 39.9 Å². The van der Waals surface area contributed by atoms with E-state index in [1.807, 2.05) is 57.1 Å². The van der Waals surface area contributed by atoms with Gasteiger partial charge in [-0.15, -0.1) is 13.2 Å². The second-order valence-electron chi connectivity index (χ2n) is 9.42. The lowest BCUT2D eigenvalue weighted by molar-refractivity contribution is -0.274. The largest absolute Gasteiger partial charge is 0.573 e. The van der Waals surface area contributed by atoms with Crippen LogP contribution in [0.4, 0.5) is 19.0 Å². The summed E-state index contributed by atoms with van der Waals surface area (Å²) in [5.74, 6) is 3.67. The van der Waals surface area contributed by atoms with Gasteiger partial charge in [0, 0.05) is 19.5 Å². The number of fused-ring (bicyclic) bond motifs is 1. The number of halogens is 3. The van der Waals surface area contributed by atoms with Crippen LogP contribution in [0.25, 0.3) is 10.9 Å². The number of para-hydroxylation sites is 1. The molecule has 0 saturated heterocycles. The highest BCUT2D eigenvalue weighted by atomic mass is 19.4. The summed E-state index contributed by atoms with van der Waals surface area (Å²) in [6, 6.07) is 14.0. The summed E-state index contributed by atoms with van der Waals surface area (Å²) in [4.78, 5) is 10.8. The van der Waals surface area contributed by atoms with Gasteiger partial charge >= 0.3 is 6.36 Å². The Morgan fingerprint density at radius 2 is 1.51 bits per heavy atom. The predicted molar refractivity (Wildman–Crippen MR) is 138 cm³/mol. The van der Waals surface area contributed by atoms with Crippen LogP contribution in [0.15, 0.2) is 48.5 Å². The molecule has 0 atom stereocenters.